The van der Waals surface area contributed by atoms with Crippen LogP contribution in [0.4, 0.5) is 0 Å². The zero-order valence-electron chi connectivity index (χ0n) is 7.88. The van der Waals surface area contributed by atoms with Crippen molar-refractivity contribution in [3.05, 3.63) is 35.4 Å². The Kier molecular flexibility index (Phi) is 3.30. The smallest absolute Gasteiger partial charge is 0.0268 e. The average molecular weight is 163 g/mol. The first-order valence-electron chi connectivity index (χ1n) is 4.59. The lowest BCUT2D eigenvalue weighted by atomic mass is 9.99. The lowest BCUT2D eigenvalue weighted by Gasteiger charge is -2.11. The van der Waals surface area contributed by atoms with Gasteiger partial charge >= 0.3 is 0 Å². The van der Waals surface area contributed by atoms with Gasteiger partial charge in [0.15, 0.2) is 0 Å². The van der Waals surface area contributed by atoms with Crippen LogP contribution in [0.3, 0.4) is 0 Å². The molecule has 1 aromatic carbocycles. The molecule has 0 heterocycles. The van der Waals surface area contributed by atoms with E-state index >= 15 is 0 Å². The van der Waals surface area contributed by atoms with Crippen LogP contribution in [0.1, 0.15) is 37.4 Å². The first kappa shape index (κ1) is 9.27. The third kappa shape index (κ3) is 2.08. The molecule has 0 bridgehead atoms. The van der Waals surface area contributed by atoms with Crippen molar-refractivity contribution in [1.29, 1.82) is 0 Å². The molecule has 12 heavy (non-hydrogen) atoms. The zero-order chi connectivity index (χ0) is 8.97. The van der Waals surface area contributed by atoms with Gasteiger partial charge in [-0.1, -0.05) is 37.6 Å². The van der Waals surface area contributed by atoms with Crippen molar-refractivity contribution < 1.29 is 0 Å². The number of nitrogens with two attached hydrogens (primary N) is 1. The van der Waals surface area contributed by atoms with Crippen molar-refractivity contribution >= 4 is 0 Å². The Hall–Kier alpha value is -0.820. The van der Waals surface area contributed by atoms with Crippen LogP contribution < -0.4 is 5.73 Å². The number of benzene rings is 1. The maximum Gasteiger partial charge on any atom is 0.0268 e. The minimum atomic E-state index is 0.160. The highest BCUT2D eigenvalue weighted by atomic mass is 14.6. The van der Waals surface area contributed by atoms with Crippen molar-refractivity contribution in [3.63, 3.8) is 0 Å². The zero-order valence-corrected chi connectivity index (χ0v) is 7.88. The van der Waals surface area contributed by atoms with Crippen LogP contribution in [0.25, 0.3) is 0 Å². The Bertz CT molecular complexity index is 241. The molecule has 0 spiro atoms. The fraction of sp³-hybridized carbons (Fsp3) is 0.455. The summed E-state index contributed by atoms with van der Waals surface area (Å²) in [7, 11) is 0. The third-order valence-corrected chi connectivity index (χ3v) is 2.06. The van der Waals surface area contributed by atoms with E-state index in [1.807, 2.05) is 6.92 Å². The molecular formula is C11H17N. The van der Waals surface area contributed by atoms with E-state index in [9.17, 15) is 0 Å². The van der Waals surface area contributed by atoms with Gasteiger partial charge in [0.05, 0.1) is 0 Å². The quantitative estimate of drug-likeness (QED) is 0.728. The topological polar surface area (TPSA) is 26.0 Å². The summed E-state index contributed by atoms with van der Waals surface area (Å²) in [5.41, 5.74) is 8.53. The number of hydrogen-bond acceptors (Lipinski definition) is 1. The summed E-state index contributed by atoms with van der Waals surface area (Å²) in [6, 6.07) is 8.58. The van der Waals surface area contributed by atoms with Crippen molar-refractivity contribution in [1.82, 2.24) is 0 Å². The molecule has 0 aliphatic rings. The second-order valence-corrected chi connectivity index (χ2v) is 3.24. The summed E-state index contributed by atoms with van der Waals surface area (Å²) in [5, 5.41) is 0. The molecule has 1 atom stereocenters. The summed E-state index contributed by atoms with van der Waals surface area (Å²) in [5.74, 6) is 0. The Balaban J connectivity index is 2.92. The second kappa shape index (κ2) is 4.27. The number of aryl methyl sites for hydroxylation is 1. The van der Waals surface area contributed by atoms with Crippen LogP contribution in [0.2, 0.25) is 0 Å². The summed E-state index contributed by atoms with van der Waals surface area (Å²) in [6.07, 6.45) is 2.32. The lowest BCUT2D eigenvalue weighted by molar-refractivity contribution is 0.787. The van der Waals surface area contributed by atoms with Gasteiger partial charge in [-0.2, -0.15) is 0 Å². The van der Waals surface area contributed by atoms with Gasteiger partial charge < -0.3 is 5.73 Å². The molecule has 1 rings (SSSR count). The first-order valence-corrected chi connectivity index (χ1v) is 4.59. The predicted octanol–water partition coefficient (Wildman–Crippen LogP) is 2.66. The van der Waals surface area contributed by atoms with Gasteiger partial charge in [-0.05, 0) is 24.5 Å². The molecule has 66 valence electrons. The fourth-order valence-electron chi connectivity index (χ4n) is 1.48. The molecule has 1 nitrogen and oxygen atoms in total. The summed E-state index contributed by atoms with van der Waals surface area (Å²) < 4.78 is 0. The molecule has 1 heteroatoms. The molecule has 0 saturated heterocycles. The highest BCUT2D eigenvalue weighted by Crippen LogP contribution is 2.16. The van der Waals surface area contributed by atoms with Gasteiger partial charge in [0, 0.05) is 6.04 Å². The van der Waals surface area contributed by atoms with Crippen LogP contribution in [0, 0.1) is 0 Å². The average Bonchev–Trinajstić information content (AvgIpc) is 2.05. The van der Waals surface area contributed by atoms with Crippen LogP contribution in [0.5, 0.6) is 0 Å². The summed E-state index contributed by atoms with van der Waals surface area (Å²) >= 11 is 0. The van der Waals surface area contributed by atoms with E-state index in [0.29, 0.717) is 0 Å². The van der Waals surface area contributed by atoms with Crippen molar-refractivity contribution in [2.24, 2.45) is 5.73 Å². The van der Waals surface area contributed by atoms with Gasteiger partial charge in [0.1, 0.15) is 0 Å². The van der Waals surface area contributed by atoms with E-state index in [0.717, 1.165) is 6.42 Å². The van der Waals surface area contributed by atoms with E-state index in [-0.39, 0.29) is 6.04 Å². The van der Waals surface area contributed by atoms with Gasteiger partial charge in [0.25, 0.3) is 0 Å². The van der Waals surface area contributed by atoms with Gasteiger partial charge in [-0.3, -0.25) is 0 Å². The molecule has 0 aromatic heterocycles. The molecular weight excluding hydrogens is 146 g/mol. The standard InChI is InChI=1S/C11H17N/c1-3-6-10-7-4-5-8-11(10)9(2)12/h4-5,7-9H,3,6,12H2,1-2H3/t9-/m0/s1. The minimum absolute atomic E-state index is 0.160. The predicted molar refractivity (Wildman–Crippen MR) is 53.0 cm³/mol. The van der Waals surface area contributed by atoms with Crippen molar-refractivity contribution in [2.75, 3.05) is 0 Å². The SMILES string of the molecule is CCCc1ccccc1[C@H](C)N. The van der Waals surface area contributed by atoms with Crippen molar-refractivity contribution in [2.45, 2.75) is 32.7 Å². The highest BCUT2D eigenvalue weighted by Gasteiger charge is 2.03. The molecule has 0 saturated carbocycles. The Morgan fingerprint density at radius 2 is 2.00 bits per heavy atom. The Morgan fingerprint density at radius 3 is 2.58 bits per heavy atom. The van der Waals surface area contributed by atoms with Crippen LogP contribution >= 0.6 is 0 Å². The first-order chi connectivity index (χ1) is 5.75. The molecule has 0 fully saturated rings. The Labute approximate surface area is 74.6 Å². The summed E-state index contributed by atoms with van der Waals surface area (Å²) in [6.45, 7) is 4.23. The fourth-order valence-corrected chi connectivity index (χ4v) is 1.48. The lowest BCUT2D eigenvalue weighted by Crippen LogP contribution is -2.07. The molecule has 2 N–H and O–H groups in total. The normalized spacial score (nSPS) is 12.9. The summed E-state index contributed by atoms with van der Waals surface area (Å²) in [4.78, 5) is 0. The van der Waals surface area contributed by atoms with E-state index < -0.39 is 0 Å². The number of hydrogen-bond donors (Lipinski definition) is 1. The minimum Gasteiger partial charge on any atom is -0.324 e. The maximum atomic E-state index is 5.84. The monoisotopic (exact) mass is 163 g/mol. The van der Waals surface area contributed by atoms with E-state index in [4.69, 9.17) is 5.73 Å². The molecule has 0 aliphatic heterocycles. The van der Waals surface area contributed by atoms with E-state index in [1.54, 1.807) is 0 Å². The van der Waals surface area contributed by atoms with Crippen LogP contribution in [0.15, 0.2) is 24.3 Å². The number of rotatable bonds is 3. The largest absolute Gasteiger partial charge is 0.324 e. The molecule has 1 aromatic rings. The molecule has 0 amide bonds. The van der Waals surface area contributed by atoms with E-state index in [1.165, 1.54) is 17.5 Å². The van der Waals surface area contributed by atoms with E-state index in [2.05, 4.69) is 31.2 Å². The van der Waals surface area contributed by atoms with Crippen LogP contribution in [-0.4, -0.2) is 0 Å². The maximum absolute atomic E-state index is 5.84. The highest BCUT2D eigenvalue weighted by molar-refractivity contribution is 5.29. The Morgan fingerprint density at radius 1 is 1.33 bits per heavy atom. The molecule has 0 unspecified atom stereocenters. The molecule has 0 aliphatic carbocycles. The van der Waals surface area contributed by atoms with Gasteiger partial charge in [0.2, 0.25) is 0 Å². The van der Waals surface area contributed by atoms with Crippen LogP contribution in [-0.2, 0) is 6.42 Å². The second-order valence-electron chi connectivity index (χ2n) is 3.24. The molecule has 0 radical (unpaired) electrons. The van der Waals surface area contributed by atoms with Crippen molar-refractivity contribution in [3.8, 4) is 0 Å². The third-order valence-electron chi connectivity index (χ3n) is 2.06. The van der Waals surface area contributed by atoms with Gasteiger partial charge in [-0.15, -0.1) is 0 Å². The van der Waals surface area contributed by atoms with Gasteiger partial charge in [-0.25, -0.2) is 0 Å².